The van der Waals surface area contributed by atoms with Gasteiger partial charge in [0.2, 0.25) is 0 Å². The van der Waals surface area contributed by atoms with Gasteiger partial charge in [0.15, 0.2) is 0 Å². The molecule has 0 unspecified atom stereocenters. The molecule has 1 aliphatic rings. The molecule has 0 N–H and O–H groups in total. The fourth-order valence-electron chi connectivity index (χ4n) is 2.95. The van der Waals surface area contributed by atoms with Crippen LogP contribution in [0.3, 0.4) is 0 Å². The molecule has 1 amide bonds. The number of methoxy groups -OCH3 is 1. The molecule has 0 aliphatic carbocycles. The minimum Gasteiger partial charge on any atom is -0.497 e. The highest BCUT2D eigenvalue weighted by atomic mass is 35.5. The summed E-state index contributed by atoms with van der Waals surface area (Å²) in [4.78, 5) is 26.8. The molecule has 3 rings (SSSR count). The number of nitrogens with zero attached hydrogens (tertiary/aromatic N) is 3. The normalized spacial score (nSPS) is 14.2. The van der Waals surface area contributed by atoms with Gasteiger partial charge >= 0.3 is 0 Å². The minimum absolute atomic E-state index is 0.0365. The lowest BCUT2D eigenvalue weighted by atomic mass is 10.1. The quantitative estimate of drug-likeness (QED) is 0.605. The molecule has 0 aromatic heterocycles. The van der Waals surface area contributed by atoms with Crippen LogP contribution in [-0.2, 0) is 0 Å². The molecule has 0 bridgehead atoms. The Morgan fingerprint density at radius 1 is 1.15 bits per heavy atom. The lowest BCUT2D eigenvalue weighted by molar-refractivity contribution is -0.384. The van der Waals surface area contributed by atoms with Gasteiger partial charge in [0, 0.05) is 43.9 Å². The van der Waals surface area contributed by atoms with Crippen molar-refractivity contribution in [3.63, 3.8) is 0 Å². The highest BCUT2D eigenvalue weighted by Crippen LogP contribution is 2.30. The van der Waals surface area contributed by atoms with Crippen molar-refractivity contribution in [2.45, 2.75) is 0 Å². The van der Waals surface area contributed by atoms with Crippen LogP contribution >= 0.6 is 11.6 Å². The first kappa shape index (κ1) is 18.0. The van der Waals surface area contributed by atoms with Crippen LogP contribution in [0.15, 0.2) is 42.5 Å². The number of benzene rings is 2. The van der Waals surface area contributed by atoms with Gasteiger partial charge in [0.25, 0.3) is 11.6 Å². The molecule has 1 heterocycles. The molecule has 1 aliphatic heterocycles. The largest absolute Gasteiger partial charge is 0.497 e. The van der Waals surface area contributed by atoms with Gasteiger partial charge in [0.1, 0.15) is 5.75 Å². The summed E-state index contributed by atoms with van der Waals surface area (Å²) in [6.45, 7) is 2.30. The summed E-state index contributed by atoms with van der Waals surface area (Å²) in [6, 6.07) is 11.5. The lowest BCUT2D eigenvalue weighted by Crippen LogP contribution is -2.48. The van der Waals surface area contributed by atoms with Crippen molar-refractivity contribution >= 4 is 28.9 Å². The number of carbonyl (C=O) groups is 1. The maximum absolute atomic E-state index is 12.6. The number of hydrogen-bond acceptors (Lipinski definition) is 5. The van der Waals surface area contributed by atoms with E-state index in [1.54, 1.807) is 42.3 Å². The number of halogens is 1. The van der Waals surface area contributed by atoms with E-state index < -0.39 is 4.92 Å². The molecule has 0 spiro atoms. The molecule has 26 heavy (non-hydrogen) atoms. The summed E-state index contributed by atoms with van der Waals surface area (Å²) < 4.78 is 5.17. The van der Waals surface area contributed by atoms with Crippen LogP contribution in [-0.4, -0.2) is 49.0 Å². The maximum atomic E-state index is 12.6. The van der Waals surface area contributed by atoms with E-state index in [1.165, 1.54) is 12.1 Å². The number of anilines is 1. The first-order valence-electron chi connectivity index (χ1n) is 8.12. The number of carbonyl (C=O) groups excluding carboxylic acids is 1. The van der Waals surface area contributed by atoms with Crippen molar-refractivity contribution in [3.05, 3.63) is 63.2 Å². The molecule has 2 aromatic carbocycles. The Morgan fingerprint density at radius 3 is 2.50 bits per heavy atom. The third-order valence-electron chi connectivity index (χ3n) is 4.37. The van der Waals surface area contributed by atoms with Gasteiger partial charge in [-0.3, -0.25) is 14.9 Å². The number of amides is 1. The van der Waals surface area contributed by atoms with Crippen LogP contribution in [0, 0.1) is 10.1 Å². The van der Waals surface area contributed by atoms with E-state index in [1.807, 2.05) is 4.90 Å². The SMILES string of the molecule is COc1cccc(C(=O)N2CCN(c3ccc([N+](=O)[O-])cc3Cl)CC2)c1. The second kappa shape index (κ2) is 7.61. The summed E-state index contributed by atoms with van der Waals surface area (Å²) in [6.07, 6.45) is 0. The number of rotatable bonds is 4. The zero-order chi connectivity index (χ0) is 18.7. The molecule has 136 valence electrons. The summed E-state index contributed by atoms with van der Waals surface area (Å²) in [5, 5.41) is 11.2. The van der Waals surface area contributed by atoms with Crippen LogP contribution in [0.2, 0.25) is 5.02 Å². The molecule has 0 atom stereocenters. The second-order valence-corrected chi connectivity index (χ2v) is 6.31. The van der Waals surface area contributed by atoms with Gasteiger partial charge in [-0.05, 0) is 24.3 Å². The van der Waals surface area contributed by atoms with E-state index in [2.05, 4.69) is 0 Å². The van der Waals surface area contributed by atoms with Gasteiger partial charge in [-0.15, -0.1) is 0 Å². The van der Waals surface area contributed by atoms with Gasteiger partial charge in [-0.1, -0.05) is 17.7 Å². The van der Waals surface area contributed by atoms with Gasteiger partial charge in [-0.25, -0.2) is 0 Å². The Labute approximate surface area is 155 Å². The van der Waals surface area contributed by atoms with E-state index in [-0.39, 0.29) is 11.6 Å². The number of ether oxygens (including phenoxy) is 1. The monoisotopic (exact) mass is 375 g/mol. The van der Waals surface area contributed by atoms with Gasteiger partial charge in [0.05, 0.1) is 22.7 Å². The van der Waals surface area contributed by atoms with E-state index >= 15 is 0 Å². The Balaban J connectivity index is 1.67. The number of non-ortho nitro benzene ring substituents is 1. The first-order chi connectivity index (χ1) is 12.5. The first-order valence-corrected chi connectivity index (χ1v) is 8.49. The molecular weight excluding hydrogens is 358 g/mol. The maximum Gasteiger partial charge on any atom is 0.271 e. The summed E-state index contributed by atoms with van der Waals surface area (Å²) in [5.74, 6) is 0.602. The highest BCUT2D eigenvalue weighted by Gasteiger charge is 2.24. The zero-order valence-electron chi connectivity index (χ0n) is 14.2. The topological polar surface area (TPSA) is 75.9 Å². The van der Waals surface area contributed by atoms with Crippen molar-refractivity contribution < 1.29 is 14.5 Å². The van der Waals surface area contributed by atoms with Crippen LogP contribution in [0.25, 0.3) is 0 Å². The van der Waals surface area contributed by atoms with Crippen LogP contribution in [0.5, 0.6) is 5.75 Å². The Hall–Kier alpha value is -2.80. The molecule has 7 nitrogen and oxygen atoms in total. The van der Waals surface area contributed by atoms with E-state index in [4.69, 9.17) is 16.3 Å². The number of nitro groups is 1. The number of hydrogen-bond donors (Lipinski definition) is 0. The average Bonchev–Trinajstić information content (AvgIpc) is 2.67. The molecule has 2 aromatic rings. The molecular formula is C18H18ClN3O4. The molecule has 0 saturated carbocycles. The average molecular weight is 376 g/mol. The predicted molar refractivity (Wildman–Crippen MR) is 99.2 cm³/mol. The van der Waals surface area contributed by atoms with E-state index in [0.717, 1.165) is 5.69 Å². The Morgan fingerprint density at radius 2 is 1.88 bits per heavy atom. The van der Waals surface area contributed by atoms with Gasteiger partial charge in [-0.2, -0.15) is 0 Å². The summed E-state index contributed by atoms with van der Waals surface area (Å²) in [7, 11) is 1.57. The molecule has 8 heteroatoms. The fraction of sp³-hybridized carbons (Fsp3) is 0.278. The van der Waals surface area contributed by atoms with Crippen molar-refractivity contribution in [3.8, 4) is 5.75 Å². The predicted octanol–water partition coefficient (Wildman–Crippen LogP) is 3.22. The Kier molecular flexibility index (Phi) is 5.27. The highest BCUT2D eigenvalue weighted by molar-refractivity contribution is 6.33. The summed E-state index contributed by atoms with van der Waals surface area (Å²) in [5.41, 5.74) is 1.29. The second-order valence-electron chi connectivity index (χ2n) is 5.90. The van der Waals surface area contributed by atoms with Crippen LogP contribution in [0.4, 0.5) is 11.4 Å². The Bertz CT molecular complexity index is 835. The fourth-order valence-corrected chi connectivity index (χ4v) is 3.25. The van der Waals surface area contributed by atoms with Crippen molar-refractivity contribution in [2.24, 2.45) is 0 Å². The number of piperazine rings is 1. The van der Waals surface area contributed by atoms with Crippen LogP contribution in [0.1, 0.15) is 10.4 Å². The molecule has 1 saturated heterocycles. The van der Waals surface area contributed by atoms with Crippen LogP contribution < -0.4 is 9.64 Å². The van der Waals surface area contributed by atoms with Gasteiger partial charge < -0.3 is 14.5 Å². The summed E-state index contributed by atoms with van der Waals surface area (Å²) >= 11 is 6.19. The number of nitro benzene ring substituents is 1. The van der Waals surface area contributed by atoms with Crippen molar-refractivity contribution in [1.82, 2.24) is 4.90 Å². The third kappa shape index (κ3) is 3.72. The standard InChI is InChI=1S/C18H18ClN3O4/c1-26-15-4-2-3-13(11-15)18(23)21-9-7-20(8-10-21)17-6-5-14(22(24)25)12-16(17)19/h2-6,11-12H,7-10H2,1H3. The van der Waals surface area contributed by atoms with Crippen molar-refractivity contribution in [2.75, 3.05) is 38.2 Å². The smallest absolute Gasteiger partial charge is 0.271 e. The third-order valence-corrected chi connectivity index (χ3v) is 4.67. The van der Waals surface area contributed by atoms with E-state index in [9.17, 15) is 14.9 Å². The lowest BCUT2D eigenvalue weighted by Gasteiger charge is -2.36. The minimum atomic E-state index is -0.472. The zero-order valence-corrected chi connectivity index (χ0v) is 15.0. The molecule has 0 radical (unpaired) electrons. The van der Waals surface area contributed by atoms with E-state index in [0.29, 0.717) is 42.5 Å². The molecule has 1 fully saturated rings. The van der Waals surface area contributed by atoms with Crippen molar-refractivity contribution in [1.29, 1.82) is 0 Å².